The van der Waals surface area contributed by atoms with Crippen molar-refractivity contribution < 1.29 is 28.3 Å². The van der Waals surface area contributed by atoms with E-state index in [1.807, 2.05) is 30.3 Å². The van der Waals surface area contributed by atoms with Crippen LogP contribution in [0.2, 0.25) is 0 Å². The van der Waals surface area contributed by atoms with Crippen molar-refractivity contribution in [3.8, 4) is 0 Å². The van der Waals surface area contributed by atoms with Gasteiger partial charge in [-0.2, -0.15) is 0 Å². The normalized spacial score (nSPS) is 15.5. The van der Waals surface area contributed by atoms with Crippen LogP contribution in [-0.4, -0.2) is 35.4 Å². The van der Waals surface area contributed by atoms with Crippen molar-refractivity contribution in [3.05, 3.63) is 114 Å². The molecule has 1 aliphatic rings. The van der Waals surface area contributed by atoms with E-state index in [1.165, 1.54) is 35.2 Å². The highest BCUT2D eigenvalue weighted by atomic mass is 19.3. The number of benzene rings is 4. The standard InChI is InChI=1S/C30H22F2N2O4/c31-30(32)16-17-34(26-11-4-3-9-24(26)25(30)18-27(35)36)29(38)20-12-14-21(15-13-20)33-28(37)23-10-5-7-19-6-1-2-8-22(19)23/h1-15,18H,16-17H2,(H,33,37)(H,35,36). The summed E-state index contributed by atoms with van der Waals surface area (Å²) in [5.41, 5.74) is 0.768. The molecule has 4 aromatic carbocycles. The first kappa shape index (κ1) is 24.8. The number of carbonyl (C=O) groups excluding carboxylic acids is 2. The molecule has 2 N–H and O–H groups in total. The van der Waals surface area contributed by atoms with Crippen LogP contribution in [0.25, 0.3) is 16.3 Å². The summed E-state index contributed by atoms with van der Waals surface area (Å²) in [5, 5.41) is 13.7. The Balaban J connectivity index is 1.40. The lowest BCUT2D eigenvalue weighted by Crippen LogP contribution is -2.33. The van der Waals surface area contributed by atoms with Crippen molar-refractivity contribution in [1.82, 2.24) is 0 Å². The fourth-order valence-corrected chi connectivity index (χ4v) is 4.63. The summed E-state index contributed by atoms with van der Waals surface area (Å²) in [5.74, 6) is -5.74. The minimum absolute atomic E-state index is 0.00952. The van der Waals surface area contributed by atoms with Gasteiger partial charge in [0.05, 0.1) is 5.69 Å². The Morgan fingerprint density at radius 1 is 0.868 bits per heavy atom. The van der Waals surface area contributed by atoms with Crippen LogP contribution < -0.4 is 10.2 Å². The quantitative estimate of drug-likeness (QED) is 0.317. The number of halogens is 2. The van der Waals surface area contributed by atoms with Gasteiger partial charge in [-0.15, -0.1) is 0 Å². The number of hydrogen-bond acceptors (Lipinski definition) is 3. The van der Waals surface area contributed by atoms with E-state index in [-0.39, 0.29) is 29.3 Å². The summed E-state index contributed by atoms with van der Waals surface area (Å²) in [7, 11) is 0. The molecule has 0 bridgehead atoms. The number of fused-ring (bicyclic) bond motifs is 2. The van der Waals surface area contributed by atoms with E-state index in [9.17, 15) is 23.2 Å². The first-order chi connectivity index (χ1) is 18.2. The van der Waals surface area contributed by atoms with Crippen LogP contribution in [0.5, 0.6) is 0 Å². The number of amides is 2. The number of rotatable bonds is 4. The molecule has 0 aliphatic carbocycles. The number of carboxylic acids is 1. The van der Waals surface area contributed by atoms with Gasteiger partial charge in [0.15, 0.2) is 0 Å². The predicted molar refractivity (Wildman–Crippen MR) is 142 cm³/mol. The Morgan fingerprint density at radius 2 is 1.55 bits per heavy atom. The summed E-state index contributed by atoms with van der Waals surface area (Å²) in [4.78, 5) is 38.8. The van der Waals surface area contributed by atoms with E-state index in [0.29, 0.717) is 17.3 Å². The number of alkyl halides is 2. The minimum Gasteiger partial charge on any atom is -0.478 e. The molecule has 0 aromatic heterocycles. The summed E-state index contributed by atoms with van der Waals surface area (Å²) >= 11 is 0. The molecule has 1 aliphatic heterocycles. The third kappa shape index (κ3) is 4.76. The van der Waals surface area contributed by atoms with E-state index in [4.69, 9.17) is 5.11 Å². The Labute approximate surface area is 216 Å². The minimum atomic E-state index is -3.43. The maximum absolute atomic E-state index is 14.9. The maximum atomic E-state index is 14.9. The highest BCUT2D eigenvalue weighted by Gasteiger charge is 2.41. The van der Waals surface area contributed by atoms with Crippen LogP contribution in [0.15, 0.2) is 97.1 Å². The van der Waals surface area contributed by atoms with Crippen LogP contribution in [0, 0.1) is 0 Å². The van der Waals surface area contributed by atoms with Crippen molar-refractivity contribution in [2.24, 2.45) is 0 Å². The van der Waals surface area contributed by atoms with Crippen molar-refractivity contribution in [3.63, 3.8) is 0 Å². The maximum Gasteiger partial charge on any atom is 0.328 e. The molecule has 5 rings (SSSR count). The van der Waals surface area contributed by atoms with Gasteiger partial charge in [-0.05, 0) is 47.2 Å². The average molecular weight is 513 g/mol. The number of allylic oxidation sites excluding steroid dienone is 1. The van der Waals surface area contributed by atoms with Crippen molar-refractivity contribution >= 4 is 45.5 Å². The topological polar surface area (TPSA) is 86.7 Å². The molecular weight excluding hydrogens is 490 g/mol. The Hall–Kier alpha value is -4.85. The molecule has 4 aromatic rings. The molecule has 1 heterocycles. The monoisotopic (exact) mass is 512 g/mol. The van der Waals surface area contributed by atoms with Gasteiger partial charge in [0.1, 0.15) is 0 Å². The fraction of sp³-hybridized carbons (Fsp3) is 0.100. The largest absolute Gasteiger partial charge is 0.478 e. The zero-order valence-electron chi connectivity index (χ0n) is 20.0. The van der Waals surface area contributed by atoms with Crippen LogP contribution >= 0.6 is 0 Å². The third-order valence-corrected chi connectivity index (χ3v) is 6.47. The van der Waals surface area contributed by atoms with Gasteiger partial charge in [0.2, 0.25) is 0 Å². The second-order valence-electron chi connectivity index (χ2n) is 8.88. The van der Waals surface area contributed by atoms with E-state index in [1.54, 1.807) is 30.3 Å². The molecule has 2 amide bonds. The average Bonchev–Trinajstić information content (AvgIpc) is 3.02. The summed E-state index contributed by atoms with van der Waals surface area (Å²) in [6.45, 7) is -0.306. The van der Waals surface area contributed by atoms with Gasteiger partial charge in [-0.1, -0.05) is 54.6 Å². The molecule has 190 valence electrons. The second-order valence-corrected chi connectivity index (χ2v) is 8.88. The third-order valence-electron chi connectivity index (χ3n) is 6.47. The van der Waals surface area contributed by atoms with Crippen LogP contribution in [-0.2, 0) is 4.79 Å². The molecular formula is C30H22F2N2O4. The lowest BCUT2D eigenvalue weighted by atomic mass is 9.97. The first-order valence-corrected chi connectivity index (χ1v) is 11.9. The zero-order valence-corrected chi connectivity index (χ0v) is 20.0. The van der Waals surface area contributed by atoms with Gasteiger partial charge in [0.25, 0.3) is 17.7 Å². The number of carbonyl (C=O) groups is 3. The SMILES string of the molecule is O=C(O)C=C1c2ccccc2N(C(=O)c2ccc(NC(=O)c3cccc4ccccc34)cc2)CCC1(F)F. The summed E-state index contributed by atoms with van der Waals surface area (Å²) in [6.07, 6.45) is -0.230. The Morgan fingerprint density at radius 3 is 2.32 bits per heavy atom. The van der Waals surface area contributed by atoms with Gasteiger partial charge < -0.3 is 15.3 Å². The van der Waals surface area contributed by atoms with E-state index >= 15 is 0 Å². The molecule has 8 heteroatoms. The predicted octanol–water partition coefficient (Wildman–Crippen LogP) is 6.25. The van der Waals surface area contributed by atoms with Gasteiger partial charge in [-0.25, -0.2) is 13.6 Å². The molecule has 0 radical (unpaired) electrons. The lowest BCUT2D eigenvalue weighted by molar-refractivity contribution is -0.131. The number of nitrogens with one attached hydrogen (secondary N) is 1. The highest BCUT2D eigenvalue weighted by molar-refractivity contribution is 6.13. The first-order valence-electron chi connectivity index (χ1n) is 11.9. The number of aliphatic carboxylic acids is 1. The number of carboxylic acid groups (broad SMARTS) is 1. The molecule has 0 fully saturated rings. The van der Waals surface area contributed by atoms with Gasteiger partial charge in [-0.3, -0.25) is 9.59 Å². The van der Waals surface area contributed by atoms with E-state index < -0.39 is 29.8 Å². The Kier molecular flexibility index (Phi) is 6.46. The van der Waals surface area contributed by atoms with Gasteiger partial charge >= 0.3 is 5.97 Å². The Bertz CT molecular complexity index is 1590. The smallest absolute Gasteiger partial charge is 0.328 e. The van der Waals surface area contributed by atoms with E-state index in [0.717, 1.165) is 10.8 Å². The zero-order chi connectivity index (χ0) is 26.9. The summed E-state index contributed by atoms with van der Waals surface area (Å²) < 4.78 is 29.8. The molecule has 0 saturated heterocycles. The van der Waals surface area contributed by atoms with Crippen molar-refractivity contribution in [2.75, 3.05) is 16.8 Å². The molecule has 38 heavy (non-hydrogen) atoms. The molecule has 0 atom stereocenters. The van der Waals surface area contributed by atoms with Crippen molar-refractivity contribution in [2.45, 2.75) is 12.3 Å². The van der Waals surface area contributed by atoms with Crippen LogP contribution in [0.3, 0.4) is 0 Å². The molecule has 0 saturated carbocycles. The fourth-order valence-electron chi connectivity index (χ4n) is 4.63. The number of hydrogen-bond donors (Lipinski definition) is 2. The number of anilines is 2. The summed E-state index contributed by atoms with van der Waals surface area (Å²) in [6, 6.07) is 25.2. The van der Waals surface area contributed by atoms with Crippen LogP contribution in [0.1, 0.15) is 32.7 Å². The number of para-hydroxylation sites is 1. The molecule has 0 unspecified atom stereocenters. The van der Waals surface area contributed by atoms with Crippen LogP contribution in [0.4, 0.5) is 20.2 Å². The number of nitrogens with zero attached hydrogens (tertiary/aromatic N) is 1. The lowest BCUT2D eigenvalue weighted by Gasteiger charge is -2.23. The second kappa shape index (κ2) is 9.89. The highest BCUT2D eigenvalue weighted by Crippen LogP contribution is 2.43. The van der Waals surface area contributed by atoms with Crippen molar-refractivity contribution in [1.29, 1.82) is 0 Å². The molecule has 6 nitrogen and oxygen atoms in total. The van der Waals surface area contributed by atoms with Gasteiger partial charge in [0, 0.05) is 47.0 Å². The van der Waals surface area contributed by atoms with E-state index in [2.05, 4.69) is 5.32 Å². The molecule has 0 spiro atoms.